The van der Waals surface area contributed by atoms with Gasteiger partial charge in [0, 0.05) is 39.7 Å². The highest BCUT2D eigenvalue weighted by atomic mass is 127. The number of nitrogens with zero attached hydrogens (tertiary/aromatic N) is 3. The molecule has 2 N–H and O–H groups in total. The first-order valence-corrected chi connectivity index (χ1v) is 8.22. The van der Waals surface area contributed by atoms with Gasteiger partial charge in [-0.25, -0.2) is 9.98 Å². The number of halogens is 1. The smallest absolute Gasteiger partial charge is 0.191 e. The number of nitrogens with one attached hydrogen (secondary N) is 2. The summed E-state index contributed by atoms with van der Waals surface area (Å²) in [5.74, 6) is 1.73. The Morgan fingerprint density at radius 2 is 2.00 bits per heavy atom. The predicted molar refractivity (Wildman–Crippen MR) is 116 cm³/mol. The lowest BCUT2D eigenvalue weighted by Gasteiger charge is -2.15. The number of guanidine groups is 1. The molecule has 1 aromatic heterocycles. The summed E-state index contributed by atoms with van der Waals surface area (Å²) >= 11 is 0. The van der Waals surface area contributed by atoms with E-state index in [-0.39, 0.29) is 24.0 Å². The van der Waals surface area contributed by atoms with Crippen LogP contribution in [0.5, 0.6) is 0 Å². The molecular weight excluding hydrogens is 429 g/mol. The van der Waals surface area contributed by atoms with Crippen molar-refractivity contribution in [2.24, 2.45) is 4.99 Å². The summed E-state index contributed by atoms with van der Waals surface area (Å²) < 4.78 is 5.07. The zero-order valence-corrected chi connectivity index (χ0v) is 17.7. The van der Waals surface area contributed by atoms with E-state index in [9.17, 15) is 0 Å². The van der Waals surface area contributed by atoms with E-state index in [1.54, 1.807) is 7.11 Å². The molecule has 138 valence electrons. The number of anilines is 1. The van der Waals surface area contributed by atoms with Gasteiger partial charge in [-0.15, -0.1) is 24.0 Å². The van der Waals surface area contributed by atoms with Crippen LogP contribution in [0.15, 0.2) is 35.3 Å². The van der Waals surface area contributed by atoms with Gasteiger partial charge in [-0.1, -0.05) is 18.2 Å². The number of aliphatic imine (C=N–C) groups is 1. The second kappa shape index (κ2) is 11.1. The van der Waals surface area contributed by atoms with Crippen LogP contribution >= 0.6 is 24.0 Å². The largest absolute Gasteiger partial charge is 0.383 e. The number of para-hydroxylation sites is 1. The molecule has 0 saturated heterocycles. The van der Waals surface area contributed by atoms with Crippen molar-refractivity contribution in [2.45, 2.75) is 13.5 Å². The van der Waals surface area contributed by atoms with E-state index in [0.29, 0.717) is 13.2 Å². The van der Waals surface area contributed by atoms with E-state index in [1.807, 2.05) is 37.2 Å². The van der Waals surface area contributed by atoms with Crippen LogP contribution < -0.4 is 15.5 Å². The fourth-order valence-corrected chi connectivity index (χ4v) is 2.37. The van der Waals surface area contributed by atoms with Gasteiger partial charge in [-0.3, -0.25) is 0 Å². The molecule has 25 heavy (non-hydrogen) atoms. The van der Waals surface area contributed by atoms with Crippen molar-refractivity contribution in [3.8, 4) is 0 Å². The van der Waals surface area contributed by atoms with Gasteiger partial charge in [0.05, 0.1) is 18.7 Å². The van der Waals surface area contributed by atoms with E-state index in [4.69, 9.17) is 9.73 Å². The van der Waals surface area contributed by atoms with Gasteiger partial charge in [0.15, 0.2) is 5.96 Å². The number of methoxy groups -OCH3 is 1. The molecule has 0 radical (unpaired) electrons. The Morgan fingerprint density at radius 3 is 2.68 bits per heavy atom. The van der Waals surface area contributed by atoms with Crippen LogP contribution in [-0.4, -0.2) is 51.8 Å². The Balaban J connectivity index is 0.00000312. The quantitative estimate of drug-likeness (QED) is 0.290. The number of fused-ring (bicyclic) bond motifs is 1. The zero-order chi connectivity index (χ0) is 17.4. The average molecular weight is 457 g/mol. The van der Waals surface area contributed by atoms with Crippen LogP contribution in [0.25, 0.3) is 10.9 Å². The fourth-order valence-electron chi connectivity index (χ4n) is 2.37. The molecule has 0 spiro atoms. The number of rotatable bonds is 7. The third-order valence-electron chi connectivity index (χ3n) is 3.60. The third-order valence-corrected chi connectivity index (χ3v) is 3.60. The van der Waals surface area contributed by atoms with Gasteiger partial charge in [-0.05, 0) is 24.6 Å². The fraction of sp³-hybridized carbons (Fsp3) is 0.444. The summed E-state index contributed by atoms with van der Waals surface area (Å²) in [7, 11) is 5.69. The summed E-state index contributed by atoms with van der Waals surface area (Å²) in [5, 5.41) is 7.66. The van der Waals surface area contributed by atoms with Crippen LogP contribution in [0.2, 0.25) is 0 Å². The van der Waals surface area contributed by atoms with Gasteiger partial charge in [-0.2, -0.15) is 0 Å². The minimum atomic E-state index is 0. The molecule has 0 bridgehead atoms. The normalized spacial score (nSPS) is 11.1. The molecule has 0 aliphatic carbocycles. The predicted octanol–water partition coefficient (Wildman–Crippen LogP) is 2.62. The Morgan fingerprint density at radius 1 is 1.24 bits per heavy atom. The first-order valence-electron chi connectivity index (χ1n) is 8.22. The minimum absolute atomic E-state index is 0. The molecule has 0 amide bonds. The molecular formula is C18H28IN5O. The molecule has 0 fully saturated rings. The van der Waals surface area contributed by atoms with Crippen molar-refractivity contribution < 1.29 is 4.74 Å². The highest BCUT2D eigenvalue weighted by molar-refractivity contribution is 14.0. The van der Waals surface area contributed by atoms with E-state index in [1.165, 1.54) is 0 Å². The first kappa shape index (κ1) is 21.4. The molecule has 1 aromatic carbocycles. The molecule has 0 aliphatic rings. The maximum atomic E-state index is 5.07. The standard InChI is InChI=1S/C18H27N5O.HI/c1-5-19-18(20-10-11-24-4)21-13-14-12-17(23(2)3)22-16-9-7-6-8-15(14)16;/h6-9,12H,5,10-11,13H2,1-4H3,(H2,19,20,21);1H. The van der Waals surface area contributed by atoms with E-state index >= 15 is 0 Å². The second-order valence-electron chi connectivity index (χ2n) is 5.67. The lowest BCUT2D eigenvalue weighted by Crippen LogP contribution is -2.38. The molecule has 1 heterocycles. The van der Waals surface area contributed by atoms with Gasteiger partial charge in [0.1, 0.15) is 5.82 Å². The number of pyridine rings is 1. The Kier molecular flexibility index (Phi) is 9.51. The first-order chi connectivity index (χ1) is 11.7. The molecule has 7 heteroatoms. The monoisotopic (exact) mass is 457 g/mol. The van der Waals surface area contributed by atoms with Crippen LogP contribution in [0, 0.1) is 0 Å². The van der Waals surface area contributed by atoms with Crippen LogP contribution in [0.4, 0.5) is 5.82 Å². The zero-order valence-electron chi connectivity index (χ0n) is 15.4. The lowest BCUT2D eigenvalue weighted by molar-refractivity contribution is 0.203. The van der Waals surface area contributed by atoms with Crippen LogP contribution in [0.3, 0.4) is 0 Å². The van der Waals surface area contributed by atoms with Crippen molar-refractivity contribution in [1.29, 1.82) is 0 Å². The Labute approximate surface area is 167 Å². The molecule has 0 aliphatic heterocycles. The van der Waals surface area contributed by atoms with Crippen molar-refractivity contribution >= 4 is 46.7 Å². The third kappa shape index (κ3) is 6.32. The van der Waals surface area contributed by atoms with Crippen LogP contribution in [-0.2, 0) is 11.3 Å². The second-order valence-corrected chi connectivity index (χ2v) is 5.67. The highest BCUT2D eigenvalue weighted by Gasteiger charge is 2.07. The van der Waals surface area contributed by atoms with E-state index < -0.39 is 0 Å². The van der Waals surface area contributed by atoms with E-state index in [0.717, 1.165) is 41.3 Å². The van der Waals surface area contributed by atoms with Gasteiger partial charge in [0.25, 0.3) is 0 Å². The number of ether oxygens (including phenoxy) is 1. The van der Waals surface area contributed by atoms with Crippen molar-refractivity contribution in [2.75, 3.05) is 45.8 Å². The lowest BCUT2D eigenvalue weighted by atomic mass is 10.1. The maximum absolute atomic E-state index is 5.07. The Bertz CT molecular complexity index is 690. The van der Waals surface area contributed by atoms with Gasteiger partial charge in [0.2, 0.25) is 0 Å². The topological polar surface area (TPSA) is 61.8 Å². The summed E-state index contributed by atoms with van der Waals surface area (Å²) in [6.45, 7) is 4.83. The summed E-state index contributed by atoms with van der Waals surface area (Å²) in [6.07, 6.45) is 0. The van der Waals surface area contributed by atoms with Crippen LogP contribution in [0.1, 0.15) is 12.5 Å². The number of hydrogen-bond acceptors (Lipinski definition) is 4. The summed E-state index contributed by atoms with van der Waals surface area (Å²) in [5.41, 5.74) is 2.15. The average Bonchev–Trinajstić information content (AvgIpc) is 2.59. The summed E-state index contributed by atoms with van der Waals surface area (Å²) in [6, 6.07) is 10.3. The minimum Gasteiger partial charge on any atom is -0.383 e. The number of aromatic nitrogens is 1. The van der Waals surface area contributed by atoms with Crippen molar-refractivity contribution in [3.05, 3.63) is 35.9 Å². The number of hydrogen-bond donors (Lipinski definition) is 2. The van der Waals surface area contributed by atoms with Crippen molar-refractivity contribution in [1.82, 2.24) is 15.6 Å². The number of benzene rings is 1. The van der Waals surface area contributed by atoms with Gasteiger partial charge < -0.3 is 20.3 Å². The van der Waals surface area contributed by atoms with Gasteiger partial charge >= 0.3 is 0 Å². The maximum Gasteiger partial charge on any atom is 0.191 e. The highest BCUT2D eigenvalue weighted by Crippen LogP contribution is 2.22. The molecule has 6 nitrogen and oxygen atoms in total. The molecule has 0 unspecified atom stereocenters. The summed E-state index contributed by atoms with van der Waals surface area (Å²) in [4.78, 5) is 11.4. The molecule has 0 atom stereocenters. The Hall–Kier alpha value is -1.61. The van der Waals surface area contributed by atoms with Crippen molar-refractivity contribution in [3.63, 3.8) is 0 Å². The molecule has 2 rings (SSSR count). The molecule has 2 aromatic rings. The SMILES string of the molecule is CCNC(=NCc1cc(N(C)C)nc2ccccc12)NCCOC.I. The van der Waals surface area contributed by atoms with E-state index in [2.05, 4.69) is 34.7 Å². The molecule has 0 saturated carbocycles.